The van der Waals surface area contributed by atoms with E-state index in [4.69, 9.17) is 5.84 Å². The molecule has 96 valence electrons. The third kappa shape index (κ3) is 4.88. The minimum absolute atomic E-state index is 0.405. The first-order valence-corrected chi connectivity index (χ1v) is 6.69. The average Bonchev–Trinajstić information content (AvgIpc) is 2.32. The van der Waals surface area contributed by atoms with Gasteiger partial charge in [0.25, 0.3) is 0 Å². The molecule has 0 fully saturated rings. The molecule has 0 amide bonds. The minimum Gasteiger partial charge on any atom is -0.271 e. The van der Waals surface area contributed by atoms with E-state index < -0.39 is 0 Å². The molecule has 0 saturated carbocycles. The van der Waals surface area contributed by atoms with Gasteiger partial charge in [0.1, 0.15) is 0 Å². The second-order valence-electron chi connectivity index (χ2n) is 4.99. The SMILES string of the molecule is CCCCCC(Cc1cc(C)ccc1C)NN. The molecule has 1 rings (SSSR count). The Balaban J connectivity index is 2.57. The van der Waals surface area contributed by atoms with Gasteiger partial charge in [-0.3, -0.25) is 11.3 Å². The third-order valence-corrected chi connectivity index (χ3v) is 3.36. The monoisotopic (exact) mass is 234 g/mol. The van der Waals surface area contributed by atoms with E-state index in [1.54, 1.807) is 0 Å². The first kappa shape index (κ1) is 14.2. The lowest BCUT2D eigenvalue weighted by Gasteiger charge is -2.17. The van der Waals surface area contributed by atoms with Crippen molar-refractivity contribution in [2.75, 3.05) is 0 Å². The lowest BCUT2D eigenvalue weighted by atomic mass is 9.96. The summed E-state index contributed by atoms with van der Waals surface area (Å²) in [6.45, 7) is 6.55. The zero-order valence-electron chi connectivity index (χ0n) is 11.4. The fraction of sp³-hybridized carbons (Fsp3) is 0.600. The summed E-state index contributed by atoms with van der Waals surface area (Å²) in [5, 5.41) is 0. The van der Waals surface area contributed by atoms with Crippen molar-refractivity contribution >= 4 is 0 Å². The van der Waals surface area contributed by atoms with E-state index in [-0.39, 0.29) is 0 Å². The van der Waals surface area contributed by atoms with Crippen molar-refractivity contribution < 1.29 is 0 Å². The Morgan fingerprint density at radius 1 is 1.24 bits per heavy atom. The summed E-state index contributed by atoms with van der Waals surface area (Å²) in [4.78, 5) is 0. The molecule has 1 unspecified atom stereocenters. The van der Waals surface area contributed by atoms with Crippen LogP contribution in [0, 0.1) is 13.8 Å². The second kappa shape index (κ2) is 7.46. The number of rotatable bonds is 7. The van der Waals surface area contributed by atoms with Crippen molar-refractivity contribution in [3.63, 3.8) is 0 Å². The molecule has 0 aliphatic carbocycles. The zero-order chi connectivity index (χ0) is 12.7. The van der Waals surface area contributed by atoms with Gasteiger partial charge in [-0.15, -0.1) is 0 Å². The fourth-order valence-corrected chi connectivity index (χ4v) is 2.17. The molecule has 0 aliphatic heterocycles. The van der Waals surface area contributed by atoms with Crippen LogP contribution < -0.4 is 11.3 Å². The number of nitrogens with one attached hydrogen (secondary N) is 1. The Bertz CT molecular complexity index is 334. The van der Waals surface area contributed by atoms with Crippen LogP contribution in [0.5, 0.6) is 0 Å². The number of aryl methyl sites for hydroxylation is 2. The van der Waals surface area contributed by atoms with Crippen LogP contribution in [-0.2, 0) is 6.42 Å². The summed E-state index contributed by atoms with van der Waals surface area (Å²) in [6, 6.07) is 7.05. The number of hydrogen-bond donors (Lipinski definition) is 2. The number of hydrogen-bond acceptors (Lipinski definition) is 2. The largest absolute Gasteiger partial charge is 0.271 e. The minimum atomic E-state index is 0.405. The summed E-state index contributed by atoms with van der Waals surface area (Å²) < 4.78 is 0. The van der Waals surface area contributed by atoms with Gasteiger partial charge < -0.3 is 0 Å². The highest BCUT2D eigenvalue weighted by Crippen LogP contribution is 2.15. The molecule has 17 heavy (non-hydrogen) atoms. The molecule has 0 radical (unpaired) electrons. The van der Waals surface area contributed by atoms with Crippen molar-refractivity contribution in [2.24, 2.45) is 5.84 Å². The van der Waals surface area contributed by atoms with Crippen LogP contribution in [0.25, 0.3) is 0 Å². The maximum Gasteiger partial charge on any atom is 0.0251 e. The first-order valence-electron chi connectivity index (χ1n) is 6.69. The predicted octanol–water partition coefficient (Wildman–Crippen LogP) is 3.26. The van der Waals surface area contributed by atoms with Gasteiger partial charge in [-0.05, 0) is 37.8 Å². The van der Waals surface area contributed by atoms with E-state index in [1.807, 2.05) is 0 Å². The van der Waals surface area contributed by atoms with Crippen LogP contribution in [0.4, 0.5) is 0 Å². The molecule has 2 nitrogen and oxygen atoms in total. The molecular weight excluding hydrogens is 208 g/mol. The van der Waals surface area contributed by atoms with Crippen LogP contribution in [-0.4, -0.2) is 6.04 Å². The van der Waals surface area contributed by atoms with Gasteiger partial charge in [-0.1, -0.05) is 49.9 Å². The van der Waals surface area contributed by atoms with Crippen LogP contribution in [0.15, 0.2) is 18.2 Å². The normalized spacial score (nSPS) is 12.7. The van der Waals surface area contributed by atoms with Crippen LogP contribution in [0.1, 0.15) is 49.3 Å². The first-order chi connectivity index (χ1) is 8.17. The second-order valence-corrected chi connectivity index (χ2v) is 4.99. The van der Waals surface area contributed by atoms with Gasteiger partial charge in [-0.25, -0.2) is 0 Å². The molecule has 0 saturated heterocycles. The molecule has 0 heterocycles. The summed E-state index contributed by atoms with van der Waals surface area (Å²) in [7, 11) is 0. The van der Waals surface area contributed by atoms with E-state index in [0.717, 1.165) is 12.8 Å². The van der Waals surface area contributed by atoms with E-state index in [9.17, 15) is 0 Å². The van der Waals surface area contributed by atoms with Gasteiger partial charge in [0.15, 0.2) is 0 Å². The molecule has 0 aliphatic rings. The maximum atomic E-state index is 5.64. The van der Waals surface area contributed by atoms with E-state index in [1.165, 1.54) is 36.0 Å². The number of unbranched alkanes of at least 4 members (excludes halogenated alkanes) is 2. The van der Waals surface area contributed by atoms with Gasteiger partial charge >= 0.3 is 0 Å². The Kier molecular flexibility index (Phi) is 6.23. The molecule has 3 N–H and O–H groups in total. The zero-order valence-corrected chi connectivity index (χ0v) is 11.4. The summed E-state index contributed by atoms with van der Waals surface area (Å²) in [5.74, 6) is 5.64. The quantitative estimate of drug-likeness (QED) is 0.432. The Morgan fingerprint density at radius 2 is 2.00 bits per heavy atom. The highest BCUT2D eigenvalue weighted by atomic mass is 15.2. The molecule has 0 aromatic heterocycles. The lowest BCUT2D eigenvalue weighted by molar-refractivity contribution is 0.466. The molecule has 0 bridgehead atoms. The van der Waals surface area contributed by atoms with Crippen LogP contribution in [0.3, 0.4) is 0 Å². The third-order valence-electron chi connectivity index (χ3n) is 3.36. The molecule has 1 aromatic carbocycles. The lowest BCUT2D eigenvalue weighted by Crippen LogP contribution is -2.36. The average molecular weight is 234 g/mol. The number of hydrazine groups is 1. The summed E-state index contributed by atoms with van der Waals surface area (Å²) >= 11 is 0. The highest BCUT2D eigenvalue weighted by molar-refractivity contribution is 5.31. The van der Waals surface area contributed by atoms with E-state index in [0.29, 0.717) is 6.04 Å². The predicted molar refractivity (Wildman–Crippen MR) is 74.9 cm³/mol. The Labute approximate surface area is 106 Å². The van der Waals surface area contributed by atoms with Gasteiger partial charge in [-0.2, -0.15) is 0 Å². The number of benzene rings is 1. The van der Waals surface area contributed by atoms with E-state index >= 15 is 0 Å². The molecular formula is C15H26N2. The molecule has 2 heteroatoms. The van der Waals surface area contributed by atoms with E-state index in [2.05, 4.69) is 44.4 Å². The van der Waals surface area contributed by atoms with Crippen molar-refractivity contribution in [1.29, 1.82) is 0 Å². The smallest absolute Gasteiger partial charge is 0.0251 e. The van der Waals surface area contributed by atoms with Gasteiger partial charge in [0.2, 0.25) is 0 Å². The Hall–Kier alpha value is -0.860. The van der Waals surface area contributed by atoms with Crippen molar-refractivity contribution in [2.45, 2.75) is 58.9 Å². The van der Waals surface area contributed by atoms with Crippen molar-refractivity contribution in [3.05, 3.63) is 34.9 Å². The van der Waals surface area contributed by atoms with Crippen molar-refractivity contribution in [1.82, 2.24) is 5.43 Å². The highest BCUT2D eigenvalue weighted by Gasteiger charge is 2.09. The Morgan fingerprint density at radius 3 is 2.65 bits per heavy atom. The standard InChI is InChI=1S/C15H26N2/c1-4-5-6-7-15(17-16)11-14-10-12(2)8-9-13(14)3/h8-10,15,17H,4-7,11,16H2,1-3H3. The molecule has 1 aromatic rings. The number of nitrogens with two attached hydrogens (primary N) is 1. The van der Waals surface area contributed by atoms with Gasteiger partial charge in [0.05, 0.1) is 0 Å². The van der Waals surface area contributed by atoms with Gasteiger partial charge in [0, 0.05) is 6.04 Å². The molecule has 1 atom stereocenters. The topological polar surface area (TPSA) is 38.0 Å². The van der Waals surface area contributed by atoms with Crippen LogP contribution >= 0.6 is 0 Å². The fourth-order valence-electron chi connectivity index (χ4n) is 2.17. The van der Waals surface area contributed by atoms with Crippen LogP contribution in [0.2, 0.25) is 0 Å². The summed E-state index contributed by atoms with van der Waals surface area (Å²) in [6.07, 6.45) is 6.02. The van der Waals surface area contributed by atoms with Crippen molar-refractivity contribution in [3.8, 4) is 0 Å². The maximum absolute atomic E-state index is 5.64. The molecule has 0 spiro atoms. The summed E-state index contributed by atoms with van der Waals surface area (Å²) in [5.41, 5.74) is 7.07.